The molecule has 0 radical (unpaired) electrons. The van der Waals surface area contributed by atoms with E-state index in [-0.39, 0.29) is 23.1 Å². The van der Waals surface area contributed by atoms with Crippen LogP contribution >= 0.6 is 11.8 Å². The third kappa shape index (κ3) is 4.22. The van der Waals surface area contributed by atoms with Crippen LogP contribution in [0.5, 0.6) is 0 Å². The first-order valence-electron chi connectivity index (χ1n) is 21.3. The minimum absolute atomic E-state index is 0.0582. The summed E-state index contributed by atoms with van der Waals surface area (Å²) in [5.41, 5.74) is 23.3. The monoisotopic (exact) mass is 780 g/mol. The molecule has 4 heterocycles. The Morgan fingerprint density at radius 3 is 2.10 bits per heavy atom. The van der Waals surface area contributed by atoms with E-state index in [9.17, 15) is 0 Å². The van der Waals surface area contributed by atoms with Gasteiger partial charge in [-0.15, -0.1) is 0 Å². The number of hydrogen-bond donors (Lipinski definition) is 0. The lowest BCUT2D eigenvalue weighted by molar-refractivity contribution is 0.332. The van der Waals surface area contributed by atoms with Crippen LogP contribution in [-0.2, 0) is 16.2 Å². The van der Waals surface area contributed by atoms with Gasteiger partial charge in [0.2, 0.25) is 0 Å². The molecule has 0 fully saturated rings. The smallest absolute Gasteiger partial charge is 0.337 e. The maximum atomic E-state index is 7.17. The van der Waals surface area contributed by atoms with E-state index in [0.29, 0.717) is 0 Å². The van der Waals surface area contributed by atoms with Crippen LogP contribution in [0, 0.1) is 6.92 Å². The van der Waals surface area contributed by atoms with Crippen LogP contribution in [0.4, 0.5) is 28.4 Å². The molecule has 2 aliphatic carbocycles. The molecule has 0 N–H and O–H groups in total. The predicted molar refractivity (Wildman–Crippen MR) is 249 cm³/mol. The highest BCUT2D eigenvalue weighted by Gasteiger charge is 2.52. The highest BCUT2D eigenvalue weighted by atomic mass is 32.2. The summed E-state index contributed by atoms with van der Waals surface area (Å²) in [5.74, 6) is 0. The number of fused-ring (bicyclic) bond motifs is 15. The normalized spacial score (nSPS) is 17.8. The van der Waals surface area contributed by atoms with Gasteiger partial charge in [0.25, 0.3) is 0 Å². The number of para-hydroxylation sites is 3. The molecule has 0 bridgehead atoms. The Morgan fingerprint density at radius 2 is 1.25 bits per heavy atom. The minimum atomic E-state index is -0.189. The molecule has 0 atom stereocenters. The van der Waals surface area contributed by atoms with Crippen LogP contribution in [0.1, 0.15) is 82.2 Å². The zero-order valence-corrected chi connectivity index (χ0v) is 35.6. The van der Waals surface area contributed by atoms with E-state index >= 15 is 0 Å². The van der Waals surface area contributed by atoms with Crippen molar-refractivity contribution in [3.63, 3.8) is 0 Å². The lowest BCUT2D eigenvalue weighted by atomic mass is 9.42. The van der Waals surface area contributed by atoms with E-state index in [1.165, 1.54) is 117 Å². The molecular weight excluding hydrogens is 735 g/mol. The molecule has 0 saturated heterocycles. The number of furan rings is 1. The van der Waals surface area contributed by atoms with Gasteiger partial charge < -0.3 is 14.1 Å². The van der Waals surface area contributed by atoms with Crippen LogP contribution in [-0.4, -0.2) is 6.85 Å². The van der Waals surface area contributed by atoms with E-state index < -0.39 is 0 Å². The maximum absolute atomic E-state index is 7.17. The third-order valence-electron chi connectivity index (χ3n) is 15.0. The Morgan fingerprint density at radius 1 is 0.559 bits per heavy atom. The van der Waals surface area contributed by atoms with Crippen molar-refractivity contribution in [1.29, 1.82) is 0 Å². The fourth-order valence-electron chi connectivity index (χ4n) is 11.9. The van der Waals surface area contributed by atoms with Crippen molar-refractivity contribution in [2.45, 2.75) is 87.3 Å². The van der Waals surface area contributed by atoms with E-state index in [0.717, 1.165) is 16.6 Å². The SMILES string of the molecule is Cc1cc2c(cc1N1c3cc4c(c5c3B(c3c1ccc1c3oc3ccccc31)N1c3ccccc3Sc3cccc-5c31)-c1ccccc1C4(C)C)C(C)(C)CCC2(C)C. The second-order valence-corrected chi connectivity index (χ2v) is 20.6. The van der Waals surface area contributed by atoms with Gasteiger partial charge in [0, 0.05) is 59.8 Å². The van der Waals surface area contributed by atoms with E-state index in [1.807, 2.05) is 11.8 Å². The maximum Gasteiger partial charge on any atom is 0.337 e. The first-order valence-corrected chi connectivity index (χ1v) is 22.2. The summed E-state index contributed by atoms with van der Waals surface area (Å²) < 4.78 is 7.17. The Hall–Kier alpha value is -5.65. The Bertz CT molecular complexity index is 3220. The van der Waals surface area contributed by atoms with Crippen molar-refractivity contribution >= 4 is 79.9 Å². The van der Waals surface area contributed by atoms with Crippen LogP contribution in [0.15, 0.2) is 136 Å². The number of benzene rings is 7. The topological polar surface area (TPSA) is 19.6 Å². The van der Waals surface area contributed by atoms with Crippen molar-refractivity contribution in [2.75, 3.05) is 9.71 Å². The van der Waals surface area contributed by atoms with Crippen LogP contribution < -0.4 is 20.6 Å². The fraction of sp³-hybridized carbons (Fsp3) is 0.222. The minimum Gasteiger partial charge on any atom is -0.456 e. The molecule has 0 saturated carbocycles. The molecule has 3 nitrogen and oxygen atoms in total. The third-order valence-corrected chi connectivity index (χ3v) is 16.1. The van der Waals surface area contributed by atoms with E-state index in [4.69, 9.17) is 4.42 Å². The molecule has 5 heteroatoms. The van der Waals surface area contributed by atoms with Gasteiger partial charge >= 0.3 is 6.85 Å². The average molecular weight is 781 g/mol. The Kier molecular flexibility index (Phi) is 6.46. The average Bonchev–Trinajstić information content (AvgIpc) is 3.72. The fourth-order valence-corrected chi connectivity index (χ4v) is 13.0. The summed E-state index contributed by atoms with van der Waals surface area (Å²) in [6, 6.07) is 46.3. The molecular formula is C54H45BN2OS. The first kappa shape index (κ1) is 34.2. The number of rotatable bonds is 1. The van der Waals surface area contributed by atoms with Crippen molar-refractivity contribution in [2.24, 2.45) is 0 Å². The summed E-state index contributed by atoms with van der Waals surface area (Å²) in [7, 11) is 0. The van der Waals surface area contributed by atoms with Gasteiger partial charge in [-0.25, -0.2) is 0 Å². The molecule has 0 spiro atoms. The summed E-state index contributed by atoms with van der Waals surface area (Å²) in [6.07, 6.45) is 2.36. The molecule has 1 aromatic heterocycles. The van der Waals surface area contributed by atoms with E-state index in [1.54, 1.807) is 0 Å². The van der Waals surface area contributed by atoms with Gasteiger partial charge in [0.1, 0.15) is 11.2 Å². The zero-order chi connectivity index (χ0) is 39.9. The molecule has 13 rings (SSSR count). The van der Waals surface area contributed by atoms with Crippen molar-refractivity contribution in [3.05, 3.63) is 149 Å². The lowest BCUT2D eigenvalue weighted by Crippen LogP contribution is -2.62. The first-order chi connectivity index (χ1) is 28.4. The Labute approximate surface area is 351 Å². The molecule has 59 heavy (non-hydrogen) atoms. The molecule has 0 amide bonds. The number of anilines is 5. The van der Waals surface area contributed by atoms with Gasteiger partial charge in [-0.1, -0.05) is 126 Å². The highest BCUT2D eigenvalue weighted by molar-refractivity contribution is 7.99. The summed E-state index contributed by atoms with van der Waals surface area (Å²) in [6.45, 7) is 16.9. The van der Waals surface area contributed by atoms with Crippen LogP contribution in [0.25, 0.3) is 44.2 Å². The zero-order valence-electron chi connectivity index (χ0n) is 34.7. The van der Waals surface area contributed by atoms with Gasteiger partial charge in [-0.05, 0) is 129 Å². The van der Waals surface area contributed by atoms with Gasteiger partial charge in [-0.2, -0.15) is 0 Å². The van der Waals surface area contributed by atoms with Crippen LogP contribution in [0.2, 0.25) is 0 Å². The second kappa shape index (κ2) is 11.1. The van der Waals surface area contributed by atoms with Crippen molar-refractivity contribution < 1.29 is 4.42 Å². The van der Waals surface area contributed by atoms with Crippen LogP contribution in [0.3, 0.4) is 0 Å². The molecule has 0 unspecified atom stereocenters. The molecule has 286 valence electrons. The van der Waals surface area contributed by atoms with E-state index in [2.05, 4.69) is 180 Å². The van der Waals surface area contributed by atoms with Gasteiger partial charge in [-0.3, -0.25) is 0 Å². The summed E-state index contributed by atoms with van der Waals surface area (Å²) in [4.78, 5) is 7.93. The van der Waals surface area contributed by atoms with Crippen molar-refractivity contribution in [3.8, 4) is 22.3 Å². The Balaban J connectivity index is 1.24. The van der Waals surface area contributed by atoms with Gasteiger partial charge in [0.15, 0.2) is 0 Å². The number of hydrogen-bond acceptors (Lipinski definition) is 4. The van der Waals surface area contributed by atoms with Gasteiger partial charge in [0.05, 0.1) is 5.69 Å². The standard InChI is InChI=1S/C54H45BN2OS/c1-30-27-36-37(53(4,5)26-25-52(36,2)3)28-41(30)56-40-24-23-32-31-15-9-12-20-43(31)58-51(32)49(40)55-48-42(56)29-38-46(33-16-8-10-18-35(33)54(38,6)7)47(48)34-17-14-22-45-50(34)57(55)39-19-11-13-21-44(39)59-45/h8-24,27-29H,25-26H2,1-7H3. The second-order valence-electron chi connectivity index (χ2n) is 19.5. The summed E-state index contributed by atoms with van der Waals surface area (Å²) in [5, 5.41) is 2.33. The van der Waals surface area contributed by atoms with Crippen molar-refractivity contribution in [1.82, 2.24) is 0 Å². The largest absolute Gasteiger partial charge is 0.456 e. The summed E-state index contributed by atoms with van der Waals surface area (Å²) >= 11 is 1.90. The quantitative estimate of drug-likeness (QED) is 0.155. The lowest BCUT2D eigenvalue weighted by Gasteiger charge is -2.49. The molecule has 5 aliphatic rings. The molecule has 7 aromatic carbocycles. The highest BCUT2D eigenvalue weighted by Crippen LogP contribution is 2.61. The molecule has 3 aliphatic heterocycles. The number of aryl methyl sites for hydroxylation is 1. The predicted octanol–water partition coefficient (Wildman–Crippen LogP) is 13.7. The number of nitrogens with zero attached hydrogens (tertiary/aromatic N) is 2. The molecule has 8 aromatic rings.